The molecular formula is C13H19N3O8S2. The third kappa shape index (κ3) is 11.0. The summed E-state index contributed by atoms with van der Waals surface area (Å²) in [5, 5.41) is 3.43. The normalized spacial score (nSPS) is 13.2. The number of ether oxygens (including phenoxy) is 2. The maximum atomic E-state index is 11.1. The zero-order valence-corrected chi connectivity index (χ0v) is 15.8. The summed E-state index contributed by atoms with van der Waals surface area (Å²) in [5.74, 6) is 0. The lowest BCUT2D eigenvalue weighted by Crippen LogP contribution is -2.27. The van der Waals surface area contributed by atoms with Gasteiger partial charge in [-0.15, -0.1) is 0 Å². The van der Waals surface area contributed by atoms with Gasteiger partial charge in [0.1, 0.15) is 6.61 Å². The molecule has 0 saturated carbocycles. The first-order chi connectivity index (χ1) is 12.1. The second-order valence-corrected chi connectivity index (χ2v) is 8.27. The van der Waals surface area contributed by atoms with Gasteiger partial charge in [-0.1, -0.05) is 29.4 Å². The molecule has 0 aliphatic heterocycles. The molecule has 0 heterocycles. The summed E-state index contributed by atoms with van der Waals surface area (Å²) in [5.41, 5.74) is 9.49. The molecule has 1 atom stereocenters. The van der Waals surface area contributed by atoms with E-state index in [0.29, 0.717) is 11.3 Å². The van der Waals surface area contributed by atoms with Crippen molar-refractivity contribution in [2.75, 3.05) is 32.3 Å². The van der Waals surface area contributed by atoms with Crippen molar-refractivity contribution >= 4 is 25.9 Å². The van der Waals surface area contributed by atoms with Crippen LogP contribution in [0.1, 0.15) is 5.56 Å². The first-order valence-corrected chi connectivity index (χ1v) is 10.8. The minimum absolute atomic E-state index is 0.0568. The third-order valence-corrected chi connectivity index (χ3v) is 3.79. The highest BCUT2D eigenvalue weighted by molar-refractivity contribution is 7.86. The number of benzene rings is 1. The lowest BCUT2D eigenvalue weighted by atomic mass is 10.2. The number of hydrogen-bond acceptors (Lipinski definition) is 9. The summed E-state index contributed by atoms with van der Waals surface area (Å²) >= 11 is 0. The Labute approximate surface area is 151 Å². The van der Waals surface area contributed by atoms with Crippen molar-refractivity contribution in [1.29, 1.82) is 0 Å². The summed E-state index contributed by atoms with van der Waals surface area (Å²) in [4.78, 5) is 2.66. The van der Waals surface area contributed by atoms with Crippen LogP contribution in [0.25, 0.3) is 10.4 Å². The second kappa shape index (κ2) is 10.4. The van der Waals surface area contributed by atoms with Gasteiger partial charge in [-0.2, -0.15) is 16.8 Å². The highest BCUT2D eigenvalue weighted by atomic mass is 32.2. The Bertz CT molecular complexity index is 817. The smallest absolute Gasteiger partial charge is 0.264 e. The van der Waals surface area contributed by atoms with Gasteiger partial charge in [-0.05, 0) is 11.1 Å². The fourth-order valence-electron chi connectivity index (χ4n) is 1.59. The van der Waals surface area contributed by atoms with Gasteiger partial charge in [0.05, 0.1) is 32.3 Å². The number of rotatable bonds is 12. The lowest BCUT2D eigenvalue weighted by Gasteiger charge is -2.18. The van der Waals surface area contributed by atoms with Crippen LogP contribution in [0.4, 0.5) is 5.69 Å². The Hall–Kier alpha value is -1.73. The maximum absolute atomic E-state index is 11.1. The van der Waals surface area contributed by atoms with E-state index in [-0.39, 0.29) is 19.8 Å². The second-order valence-electron chi connectivity index (χ2n) is 4.98. The Morgan fingerprint density at radius 3 is 2.15 bits per heavy atom. The predicted octanol–water partition coefficient (Wildman–Crippen LogP) is 1.44. The monoisotopic (exact) mass is 409 g/mol. The molecule has 1 aromatic rings. The summed E-state index contributed by atoms with van der Waals surface area (Å²) in [6, 6.07) is 6.49. The number of azide groups is 1. The van der Waals surface area contributed by atoms with Crippen molar-refractivity contribution in [3.05, 3.63) is 40.3 Å². The molecule has 0 N–H and O–H groups in total. The van der Waals surface area contributed by atoms with Crippen molar-refractivity contribution in [1.82, 2.24) is 0 Å². The first kappa shape index (κ1) is 22.3. The average Bonchev–Trinajstić information content (AvgIpc) is 2.53. The molecule has 1 rings (SSSR count). The topological polar surface area (TPSA) is 154 Å². The van der Waals surface area contributed by atoms with Crippen LogP contribution in [0.2, 0.25) is 0 Å². The van der Waals surface area contributed by atoms with Crippen LogP contribution in [0.5, 0.6) is 0 Å². The van der Waals surface area contributed by atoms with Crippen LogP contribution in [-0.4, -0.2) is 55.5 Å². The highest BCUT2D eigenvalue weighted by Gasteiger charge is 2.15. The van der Waals surface area contributed by atoms with E-state index in [0.717, 1.165) is 12.5 Å². The van der Waals surface area contributed by atoms with Gasteiger partial charge in [0.15, 0.2) is 6.29 Å². The standard InChI is InChI=1S/C13H19N3O8S2/c1-25(17,18)23-8-7-21-13(10-24-26(2,19)20)22-9-11-3-5-12(6-4-11)15-16-14/h3-6,13H,7-10H2,1-2H3/t13-/m1/s1. The fourth-order valence-corrected chi connectivity index (χ4v) is 2.32. The van der Waals surface area contributed by atoms with Crippen molar-refractivity contribution < 1.29 is 34.7 Å². The minimum Gasteiger partial charge on any atom is -0.348 e. The van der Waals surface area contributed by atoms with Crippen molar-refractivity contribution in [3.63, 3.8) is 0 Å². The Morgan fingerprint density at radius 1 is 1.00 bits per heavy atom. The molecule has 146 valence electrons. The van der Waals surface area contributed by atoms with Gasteiger partial charge in [-0.25, -0.2) is 0 Å². The molecule has 0 unspecified atom stereocenters. The Kier molecular flexibility index (Phi) is 8.95. The van der Waals surface area contributed by atoms with E-state index >= 15 is 0 Å². The molecular weight excluding hydrogens is 390 g/mol. The minimum atomic E-state index is -3.70. The van der Waals surface area contributed by atoms with E-state index in [9.17, 15) is 16.8 Å². The fraction of sp³-hybridized carbons (Fsp3) is 0.538. The molecule has 13 heteroatoms. The summed E-state index contributed by atoms with van der Waals surface area (Å²) in [6.45, 7) is -0.755. The first-order valence-electron chi connectivity index (χ1n) is 7.15. The van der Waals surface area contributed by atoms with Gasteiger partial charge >= 0.3 is 0 Å². The largest absolute Gasteiger partial charge is 0.348 e. The SMILES string of the molecule is CS(=O)(=O)OCCO[C@@H](COS(C)(=O)=O)OCc1ccc(N=[N+]=[N-])cc1. The van der Waals surface area contributed by atoms with Crippen LogP contribution in [0.3, 0.4) is 0 Å². The van der Waals surface area contributed by atoms with Gasteiger partial charge < -0.3 is 9.47 Å². The zero-order valence-electron chi connectivity index (χ0n) is 14.1. The molecule has 26 heavy (non-hydrogen) atoms. The number of nitrogens with zero attached hydrogens (tertiary/aromatic N) is 3. The van der Waals surface area contributed by atoms with E-state index in [2.05, 4.69) is 18.4 Å². The summed E-state index contributed by atoms with van der Waals surface area (Å²) < 4.78 is 63.8. The average molecular weight is 409 g/mol. The zero-order chi connectivity index (χ0) is 19.6. The molecule has 0 aromatic heterocycles. The molecule has 11 nitrogen and oxygen atoms in total. The summed E-state index contributed by atoms with van der Waals surface area (Å²) in [6.07, 6.45) is 0.712. The molecule has 0 amide bonds. The van der Waals surface area contributed by atoms with E-state index < -0.39 is 33.1 Å². The Morgan fingerprint density at radius 2 is 1.62 bits per heavy atom. The third-order valence-electron chi connectivity index (χ3n) is 2.64. The molecule has 0 aliphatic rings. The van der Waals surface area contributed by atoms with Crippen LogP contribution in [0, 0.1) is 0 Å². The van der Waals surface area contributed by atoms with Crippen molar-refractivity contribution in [3.8, 4) is 0 Å². The summed E-state index contributed by atoms with van der Waals surface area (Å²) in [7, 11) is -7.31. The molecule has 0 bridgehead atoms. The molecule has 0 aliphatic carbocycles. The molecule has 1 aromatic carbocycles. The van der Waals surface area contributed by atoms with Crippen molar-refractivity contribution in [2.45, 2.75) is 12.9 Å². The van der Waals surface area contributed by atoms with Crippen LogP contribution in [0.15, 0.2) is 29.4 Å². The van der Waals surface area contributed by atoms with Gasteiger partial charge in [0.2, 0.25) is 0 Å². The lowest BCUT2D eigenvalue weighted by molar-refractivity contribution is -0.167. The Balaban J connectivity index is 2.58. The van der Waals surface area contributed by atoms with Crippen LogP contribution >= 0.6 is 0 Å². The quantitative estimate of drug-likeness (QED) is 0.125. The van der Waals surface area contributed by atoms with E-state index in [1.54, 1.807) is 24.3 Å². The number of hydrogen-bond donors (Lipinski definition) is 0. The van der Waals surface area contributed by atoms with E-state index in [4.69, 9.17) is 15.0 Å². The predicted molar refractivity (Wildman–Crippen MR) is 91.4 cm³/mol. The van der Waals surface area contributed by atoms with Crippen LogP contribution < -0.4 is 0 Å². The molecule has 0 spiro atoms. The molecule has 0 fully saturated rings. The van der Waals surface area contributed by atoms with Gasteiger partial charge in [0, 0.05) is 10.6 Å². The van der Waals surface area contributed by atoms with E-state index in [1.165, 1.54) is 0 Å². The highest BCUT2D eigenvalue weighted by Crippen LogP contribution is 2.14. The van der Waals surface area contributed by atoms with E-state index in [1.807, 2.05) is 0 Å². The molecule has 0 radical (unpaired) electrons. The van der Waals surface area contributed by atoms with Gasteiger partial charge in [-0.3, -0.25) is 8.37 Å². The molecule has 0 saturated heterocycles. The van der Waals surface area contributed by atoms with Gasteiger partial charge in [0.25, 0.3) is 20.2 Å². The maximum Gasteiger partial charge on any atom is 0.264 e. The van der Waals surface area contributed by atoms with Crippen LogP contribution in [-0.2, 0) is 44.7 Å². The van der Waals surface area contributed by atoms with Crippen molar-refractivity contribution in [2.24, 2.45) is 5.11 Å².